The van der Waals surface area contributed by atoms with Crippen LogP contribution in [0.3, 0.4) is 0 Å². The van der Waals surface area contributed by atoms with E-state index in [1.54, 1.807) is 6.07 Å². The maximum absolute atomic E-state index is 13.9. The van der Waals surface area contributed by atoms with E-state index in [9.17, 15) is 4.39 Å². The number of hydrogen-bond acceptors (Lipinski definition) is 2. The van der Waals surface area contributed by atoms with Crippen molar-refractivity contribution in [3.8, 4) is 0 Å². The van der Waals surface area contributed by atoms with Crippen molar-refractivity contribution in [2.45, 2.75) is 38.6 Å². The molecule has 18 heavy (non-hydrogen) atoms. The second-order valence-corrected chi connectivity index (χ2v) is 6.26. The van der Waals surface area contributed by atoms with Crippen LogP contribution in [0.4, 0.5) is 4.39 Å². The lowest BCUT2D eigenvalue weighted by atomic mass is 9.77. The zero-order valence-corrected chi connectivity index (χ0v) is 12.2. The molecule has 2 nitrogen and oxygen atoms in total. The van der Waals surface area contributed by atoms with Gasteiger partial charge in [0.05, 0.1) is 6.04 Å². The molecule has 0 amide bonds. The molecule has 0 aliphatic heterocycles. The molecule has 3 unspecified atom stereocenters. The number of nitrogens with two attached hydrogens (primary N) is 1. The molecule has 1 aromatic rings. The first kappa shape index (κ1) is 14.0. The Kier molecular flexibility index (Phi) is 4.76. The zero-order chi connectivity index (χ0) is 13.1. The first-order valence-electron chi connectivity index (χ1n) is 6.53. The summed E-state index contributed by atoms with van der Waals surface area (Å²) < 4.78 is 14.8. The van der Waals surface area contributed by atoms with Crippen molar-refractivity contribution in [2.24, 2.45) is 17.7 Å². The van der Waals surface area contributed by atoms with Crippen LogP contribution in [0.25, 0.3) is 0 Å². The minimum Gasteiger partial charge on any atom is -0.271 e. The summed E-state index contributed by atoms with van der Waals surface area (Å²) in [7, 11) is 0. The molecule has 3 N–H and O–H groups in total. The van der Waals surface area contributed by atoms with Gasteiger partial charge in [-0.3, -0.25) is 11.3 Å². The number of benzene rings is 1. The Hall–Kier alpha value is -0.450. The molecule has 0 aromatic heterocycles. The summed E-state index contributed by atoms with van der Waals surface area (Å²) in [6.45, 7) is 2.26. The Morgan fingerprint density at radius 2 is 2.22 bits per heavy atom. The average molecular weight is 315 g/mol. The number of rotatable bonds is 3. The Morgan fingerprint density at radius 1 is 1.44 bits per heavy atom. The van der Waals surface area contributed by atoms with Crippen molar-refractivity contribution in [3.05, 3.63) is 34.1 Å². The minimum absolute atomic E-state index is 0.0924. The van der Waals surface area contributed by atoms with E-state index in [2.05, 4.69) is 28.3 Å². The molecule has 0 spiro atoms. The van der Waals surface area contributed by atoms with Gasteiger partial charge in [0.25, 0.3) is 0 Å². The quantitative estimate of drug-likeness (QED) is 0.655. The normalized spacial score (nSPS) is 26.0. The first-order chi connectivity index (χ1) is 8.61. The van der Waals surface area contributed by atoms with Gasteiger partial charge in [-0.25, -0.2) is 4.39 Å². The first-order valence-corrected chi connectivity index (χ1v) is 7.32. The summed E-state index contributed by atoms with van der Waals surface area (Å²) in [5, 5.41) is 0. The summed E-state index contributed by atoms with van der Waals surface area (Å²) in [4.78, 5) is 0. The monoisotopic (exact) mass is 314 g/mol. The van der Waals surface area contributed by atoms with Crippen molar-refractivity contribution in [3.63, 3.8) is 0 Å². The number of halogens is 2. The third-order valence-electron chi connectivity index (χ3n) is 3.92. The second-order valence-electron chi connectivity index (χ2n) is 5.34. The molecular formula is C14H20BrFN2. The van der Waals surface area contributed by atoms with Gasteiger partial charge in [0.15, 0.2) is 0 Å². The highest BCUT2D eigenvalue weighted by atomic mass is 79.9. The lowest BCUT2D eigenvalue weighted by molar-refractivity contribution is 0.221. The molecule has 3 atom stereocenters. The molecule has 1 aliphatic carbocycles. The Balaban J connectivity index is 2.24. The van der Waals surface area contributed by atoms with Crippen LogP contribution in [0.2, 0.25) is 0 Å². The van der Waals surface area contributed by atoms with Crippen molar-refractivity contribution in [2.75, 3.05) is 0 Å². The fourth-order valence-corrected chi connectivity index (χ4v) is 3.40. The summed E-state index contributed by atoms with van der Waals surface area (Å²) in [5.41, 5.74) is 3.49. The van der Waals surface area contributed by atoms with Gasteiger partial charge in [-0.1, -0.05) is 35.7 Å². The van der Waals surface area contributed by atoms with Gasteiger partial charge in [0, 0.05) is 10.0 Å². The smallest absolute Gasteiger partial charge is 0.128 e. The highest BCUT2D eigenvalue weighted by molar-refractivity contribution is 9.10. The largest absolute Gasteiger partial charge is 0.271 e. The van der Waals surface area contributed by atoms with E-state index in [1.165, 1.54) is 18.9 Å². The highest BCUT2D eigenvalue weighted by Crippen LogP contribution is 2.38. The summed E-state index contributed by atoms with van der Waals surface area (Å²) in [6, 6.07) is 4.95. The molecule has 2 rings (SSSR count). The van der Waals surface area contributed by atoms with E-state index in [0.717, 1.165) is 17.3 Å². The van der Waals surface area contributed by atoms with Gasteiger partial charge in [0.2, 0.25) is 0 Å². The average Bonchev–Trinajstić information content (AvgIpc) is 2.35. The van der Waals surface area contributed by atoms with Gasteiger partial charge in [-0.15, -0.1) is 0 Å². The predicted molar refractivity (Wildman–Crippen MR) is 75.3 cm³/mol. The molecular weight excluding hydrogens is 295 g/mol. The van der Waals surface area contributed by atoms with Crippen molar-refractivity contribution < 1.29 is 4.39 Å². The Morgan fingerprint density at radius 3 is 2.89 bits per heavy atom. The Labute approximate surface area is 116 Å². The molecule has 0 heterocycles. The fraction of sp³-hybridized carbons (Fsp3) is 0.571. The summed E-state index contributed by atoms with van der Waals surface area (Å²) in [6.07, 6.45) is 4.71. The molecule has 1 aromatic carbocycles. The van der Waals surface area contributed by atoms with Crippen LogP contribution in [-0.4, -0.2) is 0 Å². The van der Waals surface area contributed by atoms with E-state index in [4.69, 9.17) is 5.84 Å². The van der Waals surface area contributed by atoms with Crippen LogP contribution >= 0.6 is 15.9 Å². The van der Waals surface area contributed by atoms with Crippen LogP contribution in [0.15, 0.2) is 22.7 Å². The standard InChI is InChI=1S/C14H20BrFN2/c1-9-3-2-4-10(7-9)14(18-17)12-8-11(15)5-6-13(12)16/h5-6,8-10,14,18H,2-4,7,17H2,1H3. The minimum atomic E-state index is -0.181. The van der Waals surface area contributed by atoms with E-state index in [1.807, 2.05) is 6.07 Å². The summed E-state index contributed by atoms with van der Waals surface area (Å²) in [5.74, 6) is 6.61. The zero-order valence-electron chi connectivity index (χ0n) is 10.6. The van der Waals surface area contributed by atoms with Crippen LogP contribution in [0, 0.1) is 17.7 Å². The number of hydrazine groups is 1. The van der Waals surface area contributed by atoms with Gasteiger partial charge >= 0.3 is 0 Å². The highest BCUT2D eigenvalue weighted by Gasteiger charge is 2.28. The van der Waals surface area contributed by atoms with E-state index in [0.29, 0.717) is 17.4 Å². The van der Waals surface area contributed by atoms with Crippen molar-refractivity contribution in [1.29, 1.82) is 0 Å². The molecule has 0 radical (unpaired) electrons. The van der Waals surface area contributed by atoms with Gasteiger partial charge in [-0.05, 0) is 42.9 Å². The summed E-state index contributed by atoms with van der Waals surface area (Å²) >= 11 is 3.39. The van der Waals surface area contributed by atoms with Gasteiger partial charge < -0.3 is 0 Å². The fourth-order valence-electron chi connectivity index (χ4n) is 3.02. The van der Waals surface area contributed by atoms with Crippen LogP contribution < -0.4 is 11.3 Å². The molecule has 0 bridgehead atoms. The van der Waals surface area contributed by atoms with E-state index < -0.39 is 0 Å². The molecule has 4 heteroatoms. The van der Waals surface area contributed by atoms with Crippen LogP contribution in [0.5, 0.6) is 0 Å². The molecule has 100 valence electrons. The van der Waals surface area contributed by atoms with Crippen LogP contribution in [-0.2, 0) is 0 Å². The maximum Gasteiger partial charge on any atom is 0.128 e. The molecule has 1 saturated carbocycles. The van der Waals surface area contributed by atoms with Crippen LogP contribution in [0.1, 0.15) is 44.2 Å². The number of hydrogen-bond donors (Lipinski definition) is 2. The Bertz CT molecular complexity index is 411. The molecule has 1 aliphatic rings. The van der Waals surface area contributed by atoms with Gasteiger partial charge in [-0.2, -0.15) is 0 Å². The van der Waals surface area contributed by atoms with Crippen molar-refractivity contribution >= 4 is 15.9 Å². The topological polar surface area (TPSA) is 38.0 Å². The van der Waals surface area contributed by atoms with E-state index >= 15 is 0 Å². The third-order valence-corrected chi connectivity index (χ3v) is 4.41. The third kappa shape index (κ3) is 3.11. The molecule has 0 saturated heterocycles. The second kappa shape index (κ2) is 6.13. The predicted octanol–water partition coefficient (Wildman–Crippen LogP) is 3.92. The number of nitrogens with one attached hydrogen (secondary N) is 1. The van der Waals surface area contributed by atoms with Gasteiger partial charge in [0.1, 0.15) is 5.82 Å². The lowest BCUT2D eigenvalue weighted by Crippen LogP contribution is -2.36. The SMILES string of the molecule is CC1CCCC(C(NN)c2cc(Br)ccc2F)C1. The maximum atomic E-state index is 13.9. The lowest BCUT2D eigenvalue weighted by Gasteiger charge is -2.33. The van der Waals surface area contributed by atoms with E-state index in [-0.39, 0.29) is 11.9 Å². The van der Waals surface area contributed by atoms with Crippen molar-refractivity contribution in [1.82, 2.24) is 5.43 Å². The molecule has 1 fully saturated rings.